The smallest absolute Gasteiger partial charge is 0.255 e. The summed E-state index contributed by atoms with van der Waals surface area (Å²) in [7, 11) is 4.45. The number of hydrogen-bond donors (Lipinski definition) is 2. The number of carbonyl (C=O) groups is 1. The Balaban J connectivity index is 1.74. The second kappa shape index (κ2) is 8.92. The number of nitrogens with zero attached hydrogens (tertiary/aromatic N) is 1. The predicted octanol–water partition coefficient (Wildman–Crippen LogP) is 4.24. The number of benzene rings is 2. The van der Waals surface area contributed by atoms with Gasteiger partial charge in [0.05, 0.1) is 33.2 Å². The van der Waals surface area contributed by atoms with Crippen molar-refractivity contribution in [2.45, 2.75) is 0 Å². The lowest BCUT2D eigenvalue weighted by atomic mass is 10.1. The highest BCUT2D eigenvalue weighted by atomic mass is 19.1. The van der Waals surface area contributed by atoms with Crippen LogP contribution in [0.5, 0.6) is 17.2 Å². The molecule has 0 spiro atoms. The van der Waals surface area contributed by atoms with E-state index in [1.807, 2.05) is 0 Å². The van der Waals surface area contributed by atoms with Gasteiger partial charge in [0.25, 0.3) is 5.91 Å². The van der Waals surface area contributed by atoms with Gasteiger partial charge in [-0.2, -0.15) is 0 Å². The van der Waals surface area contributed by atoms with Crippen molar-refractivity contribution in [3.8, 4) is 17.2 Å². The molecule has 1 aromatic heterocycles. The Bertz CT molecular complexity index is 984. The molecule has 3 aromatic rings. The van der Waals surface area contributed by atoms with Crippen LogP contribution < -0.4 is 24.8 Å². The van der Waals surface area contributed by atoms with E-state index in [4.69, 9.17) is 14.2 Å². The largest absolute Gasteiger partial charge is 0.493 e. The number of ether oxygens (including phenoxy) is 3. The number of nitrogens with one attached hydrogen (secondary N) is 2. The number of aromatic nitrogens is 1. The van der Waals surface area contributed by atoms with Crippen molar-refractivity contribution in [1.29, 1.82) is 0 Å². The van der Waals surface area contributed by atoms with E-state index in [1.54, 1.807) is 36.4 Å². The summed E-state index contributed by atoms with van der Waals surface area (Å²) in [6, 6.07) is 12.5. The summed E-state index contributed by atoms with van der Waals surface area (Å²) < 4.78 is 29.1. The molecule has 0 radical (unpaired) electrons. The van der Waals surface area contributed by atoms with Crippen LogP contribution >= 0.6 is 0 Å². The Morgan fingerprint density at radius 2 is 1.66 bits per heavy atom. The molecule has 0 aliphatic heterocycles. The maximum Gasteiger partial charge on any atom is 0.255 e. The standard InChI is InChI=1S/C21H20FN3O4/c1-27-17-9-13(10-18(28-2)20(17)29-3)21(26)25-16-7-8-19(23-12-16)24-15-6-4-5-14(22)11-15/h4-12H,1-3H3,(H,23,24)(H,25,26). The number of rotatable bonds is 7. The normalized spacial score (nSPS) is 10.2. The van der Waals surface area contributed by atoms with Gasteiger partial charge >= 0.3 is 0 Å². The van der Waals surface area contributed by atoms with Gasteiger partial charge in [0.15, 0.2) is 11.5 Å². The molecule has 0 saturated carbocycles. The first-order chi connectivity index (χ1) is 14.0. The quantitative estimate of drug-likeness (QED) is 0.621. The van der Waals surface area contributed by atoms with E-state index in [2.05, 4.69) is 15.6 Å². The van der Waals surface area contributed by atoms with Crippen molar-refractivity contribution < 1.29 is 23.4 Å². The fraction of sp³-hybridized carbons (Fsp3) is 0.143. The zero-order chi connectivity index (χ0) is 20.8. The monoisotopic (exact) mass is 397 g/mol. The number of anilines is 3. The molecule has 0 fully saturated rings. The summed E-state index contributed by atoms with van der Waals surface area (Å²) in [5.74, 6) is 0.970. The van der Waals surface area contributed by atoms with Gasteiger partial charge in [0.2, 0.25) is 5.75 Å². The average Bonchev–Trinajstić information content (AvgIpc) is 2.74. The number of hydrogen-bond acceptors (Lipinski definition) is 6. The SMILES string of the molecule is COc1cc(C(=O)Nc2ccc(Nc3cccc(F)c3)nc2)cc(OC)c1OC. The van der Waals surface area contributed by atoms with Crippen LogP contribution in [0.15, 0.2) is 54.7 Å². The van der Waals surface area contributed by atoms with Crippen molar-refractivity contribution in [2.24, 2.45) is 0 Å². The van der Waals surface area contributed by atoms with E-state index in [1.165, 1.54) is 39.7 Å². The van der Waals surface area contributed by atoms with Gasteiger partial charge in [0, 0.05) is 11.3 Å². The van der Waals surface area contributed by atoms with Crippen LogP contribution in [-0.2, 0) is 0 Å². The van der Waals surface area contributed by atoms with E-state index in [0.29, 0.717) is 40.0 Å². The maximum atomic E-state index is 13.3. The van der Waals surface area contributed by atoms with Gasteiger partial charge in [-0.15, -0.1) is 0 Å². The van der Waals surface area contributed by atoms with Gasteiger partial charge in [-0.25, -0.2) is 9.37 Å². The summed E-state index contributed by atoms with van der Waals surface area (Å²) in [6.07, 6.45) is 1.50. The summed E-state index contributed by atoms with van der Waals surface area (Å²) in [4.78, 5) is 16.8. The molecule has 29 heavy (non-hydrogen) atoms. The van der Waals surface area contributed by atoms with Crippen LogP contribution in [0.2, 0.25) is 0 Å². The summed E-state index contributed by atoms with van der Waals surface area (Å²) in [5.41, 5.74) is 1.40. The third-order valence-electron chi connectivity index (χ3n) is 4.05. The molecule has 7 nitrogen and oxygen atoms in total. The van der Waals surface area contributed by atoms with E-state index in [0.717, 1.165) is 0 Å². The highest BCUT2D eigenvalue weighted by molar-refractivity contribution is 6.05. The van der Waals surface area contributed by atoms with Gasteiger partial charge < -0.3 is 24.8 Å². The van der Waals surface area contributed by atoms with Crippen molar-refractivity contribution in [1.82, 2.24) is 4.98 Å². The molecule has 150 valence electrons. The first kappa shape index (κ1) is 19.9. The zero-order valence-electron chi connectivity index (χ0n) is 16.2. The maximum absolute atomic E-state index is 13.3. The van der Waals surface area contributed by atoms with Gasteiger partial charge in [-0.3, -0.25) is 4.79 Å². The lowest BCUT2D eigenvalue weighted by molar-refractivity contribution is 0.102. The second-order valence-corrected chi connectivity index (χ2v) is 5.94. The molecule has 8 heteroatoms. The van der Waals surface area contributed by atoms with Crippen LogP contribution in [0.25, 0.3) is 0 Å². The topological polar surface area (TPSA) is 81.7 Å². The first-order valence-electron chi connectivity index (χ1n) is 8.64. The molecular formula is C21H20FN3O4. The third-order valence-corrected chi connectivity index (χ3v) is 4.05. The Morgan fingerprint density at radius 1 is 0.931 bits per heavy atom. The van der Waals surface area contributed by atoms with Crippen LogP contribution in [0.4, 0.5) is 21.6 Å². The minimum absolute atomic E-state index is 0.335. The van der Waals surface area contributed by atoms with E-state index in [9.17, 15) is 9.18 Å². The minimum atomic E-state index is -0.364. The van der Waals surface area contributed by atoms with E-state index in [-0.39, 0.29) is 11.7 Å². The number of methoxy groups -OCH3 is 3. The van der Waals surface area contributed by atoms with Crippen molar-refractivity contribution in [3.05, 3.63) is 66.1 Å². The second-order valence-electron chi connectivity index (χ2n) is 5.94. The molecule has 0 saturated heterocycles. The van der Waals surface area contributed by atoms with Crippen molar-refractivity contribution in [3.63, 3.8) is 0 Å². The number of carbonyl (C=O) groups excluding carboxylic acids is 1. The molecule has 0 atom stereocenters. The Hall–Kier alpha value is -3.81. The Kier molecular flexibility index (Phi) is 6.13. The minimum Gasteiger partial charge on any atom is -0.493 e. The number of pyridine rings is 1. The van der Waals surface area contributed by atoms with Crippen molar-refractivity contribution >= 4 is 23.1 Å². The summed E-state index contributed by atoms with van der Waals surface area (Å²) in [6.45, 7) is 0. The molecule has 0 unspecified atom stereocenters. The van der Waals surface area contributed by atoms with Crippen LogP contribution in [0.1, 0.15) is 10.4 Å². The molecule has 2 N–H and O–H groups in total. The highest BCUT2D eigenvalue weighted by Gasteiger charge is 2.17. The van der Waals surface area contributed by atoms with E-state index < -0.39 is 0 Å². The zero-order valence-corrected chi connectivity index (χ0v) is 16.2. The fourth-order valence-corrected chi connectivity index (χ4v) is 2.67. The molecule has 1 amide bonds. The molecular weight excluding hydrogens is 377 g/mol. The lowest BCUT2D eigenvalue weighted by Crippen LogP contribution is -2.13. The number of amides is 1. The van der Waals surface area contributed by atoms with Gasteiger partial charge in [-0.05, 0) is 42.5 Å². The molecule has 0 bridgehead atoms. The Labute approximate surface area is 167 Å². The van der Waals surface area contributed by atoms with Crippen molar-refractivity contribution in [2.75, 3.05) is 32.0 Å². The van der Waals surface area contributed by atoms with E-state index >= 15 is 0 Å². The molecule has 3 rings (SSSR count). The van der Waals surface area contributed by atoms with Crippen LogP contribution in [0, 0.1) is 5.82 Å². The van der Waals surface area contributed by atoms with Gasteiger partial charge in [0.1, 0.15) is 11.6 Å². The molecule has 2 aromatic carbocycles. The summed E-state index contributed by atoms with van der Waals surface area (Å²) >= 11 is 0. The van der Waals surface area contributed by atoms with Crippen LogP contribution in [-0.4, -0.2) is 32.2 Å². The average molecular weight is 397 g/mol. The molecule has 0 aliphatic carbocycles. The van der Waals surface area contributed by atoms with Crippen LogP contribution in [0.3, 0.4) is 0 Å². The van der Waals surface area contributed by atoms with Gasteiger partial charge in [-0.1, -0.05) is 6.07 Å². The third kappa shape index (κ3) is 4.73. The lowest BCUT2D eigenvalue weighted by Gasteiger charge is -2.14. The highest BCUT2D eigenvalue weighted by Crippen LogP contribution is 2.38. The predicted molar refractivity (Wildman–Crippen MR) is 108 cm³/mol. The fourth-order valence-electron chi connectivity index (χ4n) is 2.67. The summed E-state index contributed by atoms with van der Waals surface area (Å²) in [5, 5.41) is 5.75. The Morgan fingerprint density at radius 3 is 2.21 bits per heavy atom. The molecule has 1 heterocycles. The number of halogens is 1. The first-order valence-corrected chi connectivity index (χ1v) is 8.64. The molecule has 0 aliphatic rings.